The molecule has 2 aromatic heterocycles. The zero-order valence-electron chi connectivity index (χ0n) is 14.4. The molecule has 4 rings (SSSR count). The van der Waals surface area contributed by atoms with Crippen molar-refractivity contribution in [1.82, 2.24) is 19.7 Å². The quantitative estimate of drug-likeness (QED) is 0.841. The third-order valence-electron chi connectivity index (χ3n) is 5.34. The van der Waals surface area contributed by atoms with Crippen LogP contribution in [0.2, 0.25) is 0 Å². The van der Waals surface area contributed by atoms with Crippen molar-refractivity contribution in [3.05, 3.63) is 33.0 Å². The Balaban J connectivity index is 1.47. The molecule has 3 heterocycles. The van der Waals surface area contributed by atoms with E-state index in [1.807, 2.05) is 22.8 Å². The van der Waals surface area contributed by atoms with E-state index >= 15 is 0 Å². The highest BCUT2D eigenvalue weighted by Gasteiger charge is 2.30. The number of likely N-dealkylation sites (tertiary alicyclic amines) is 1. The maximum atomic E-state index is 13.0. The smallest absolute Gasteiger partial charge is 0.274 e. The Morgan fingerprint density at radius 3 is 2.71 bits per heavy atom. The average Bonchev–Trinajstić information content (AvgIpc) is 3.19. The second-order valence-corrected chi connectivity index (χ2v) is 8.25. The van der Waals surface area contributed by atoms with Gasteiger partial charge in [0.2, 0.25) is 0 Å². The predicted octanol–water partition coefficient (Wildman–Crippen LogP) is 3.08. The van der Waals surface area contributed by atoms with Gasteiger partial charge in [0.25, 0.3) is 5.91 Å². The zero-order chi connectivity index (χ0) is 16.7. The number of amides is 1. The minimum absolute atomic E-state index is 0.127. The first-order chi connectivity index (χ1) is 11.6. The topological polar surface area (TPSA) is 51.0 Å². The second-order valence-electron chi connectivity index (χ2n) is 6.98. The molecule has 0 radical (unpaired) electrons. The van der Waals surface area contributed by atoms with Gasteiger partial charge < -0.3 is 4.90 Å². The Bertz CT molecular complexity index is 755. The Hall–Kier alpha value is -1.69. The molecule has 1 amide bonds. The van der Waals surface area contributed by atoms with Crippen LogP contribution in [-0.2, 0) is 19.9 Å². The molecule has 128 valence electrons. The number of hydrogen-bond donors (Lipinski definition) is 0. The average molecular weight is 344 g/mol. The van der Waals surface area contributed by atoms with E-state index in [1.54, 1.807) is 11.3 Å². The van der Waals surface area contributed by atoms with Crippen LogP contribution in [0.25, 0.3) is 0 Å². The first-order valence-corrected chi connectivity index (χ1v) is 9.71. The van der Waals surface area contributed by atoms with E-state index in [0.29, 0.717) is 11.6 Å². The van der Waals surface area contributed by atoms with Crippen molar-refractivity contribution >= 4 is 17.2 Å². The molecule has 5 nitrogen and oxygen atoms in total. The molecule has 1 saturated heterocycles. The molecule has 0 unspecified atom stereocenters. The number of aryl methyl sites for hydroxylation is 2. The summed E-state index contributed by atoms with van der Waals surface area (Å²) in [5.74, 6) is 0.632. The third kappa shape index (κ3) is 2.77. The van der Waals surface area contributed by atoms with Crippen LogP contribution >= 0.6 is 11.3 Å². The predicted molar refractivity (Wildman–Crippen MR) is 94.6 cm³/mol. The summed E-state index contributed by atoms with van der Waals surface area (Å²) in [6, 6.07) is 0. The van der Waals surface area contributed by atoms with Crippen LogP contribution in [0.1, 0.15) is 63.2 Å². The van der Waals surface area contributed by atoms with Crippen LogP contribution in [0.5, 0.6) is 0 Å². The van der Waals surface area contributed by atoms with E-state index in [0.717, 1.165) is 38.8 Å². The molecule has 0 spiro atoms. The van der Waals surface area contributed by atoms with Gasteiger partial charge in [-0.25, -0.2) is 4.98 Å². The second kappa shape index (κ2) is 6.31. The lowest BCUT2D eigenvalue weighted by Gasteiger charge is -2.31. The van der Waals surface area contributed by atoms with Gasteiger partial charge in [-0.15, -0.1) is 11.3 Å². The summed E-state index contributed by atoms with van der Waals surface area (Å²) < 4.78 is 1.92. The Labute approximate surface area is 146 Å². The highest BCUT2D eigenvalue weighted by molar-refractivity contribution is 7.11. The summed E-state index contributed by atoms with van der Waals surface area (Å²) >= 11 is 1.79. The molecule has 1 aliphatic heterocycles. The molecular weight excluding hydrogens is 320 g/mol. The van der Waals surface area contributed by atoms with E-state index in [-0.39, 0.29) is 5.91 Å². The van der Waals surface area contributed by atoms with Crippen molar-refractivity contribution in [2.45, 2.75) is 51.4 Å². The van der Waals surface area contributed by atoms with E-state index in [9.17, 15) is 4.79 Å². The number of piperidine rings is 1. The molecule has 0 saturated carbocycles. The maximum absolute atomic E-state index is 13.0. The lowest BCUT2D eigenvalue weighted by atomic mass is 9.94. The van der Waals surface area contributed by atoms with Gasteiger partial charge in [0.05, 0.1) is 5.01 Å². The van der Waals surface area contributed by atoms with Crippen LogP contribution in [0, 0.1) is 6.92 Å². The molecule has 0 bridgehead atoms. The first kappa shape index (κ1) is 15.8. The van der Waals surface area contributed by atoms with Gasteiger partial charge in [-0.05, 0) is 45.4 Å². The first-order valence-electron chi connectivity index (χ1n) is 8.90. The zero-order valence-corrected chi connectivity index (χ0v) is 15.2. The fourth-order valence-electron chi connectivity index (χ4n) is 3.98. The van der Waals surface area contributed by atoms with Gasteiger partial charge in [0.15, 0.2) is 5.69 Å². The minimum atomic E-state index is 0.127. The number of carbonyl (C=O) groups is 1. The molecule has 24 heavy (non-hydrogen) atoms. The number of thiazole rings is 1. The van der Waals surface area contributed by atoms with E-state index in [1.165, 1.54) is 34.0 Å². The highest BCUT2D eigenvalue weighted by Crippen LogP contribution is 2.32. The van der Waals surface area contributed by atoms with Crippen molar-refractivity contribution in [1.29, 1.82) is 0 Å². The summed E-state index contributed by atoms with van der Waals surface area (Å²) in [4.78, 5) is 20.8. The van der Waals surface area contributed by atoms with E-state index < -0.39 is 0 Å². The van der Waals surface area contributed by atoms with Crippen molar-refractivity contribution in [2.75, 3.05) is 13.1 Å². The van der Waals surface area contributed by atoms with Crippen LogP contribution in [0.3, 0.4) is 0 Å². The highest BCUT2D eigenvalue weighted by atomic mass is 32.1. The molecular formula is C18H24N4OS. The number of hydrogen-bond acceptors (Lipinski definition) is 4. The van der Waals surface area contributed by atoms with Crippen molar-refractivity contribution in [3.63, 3.8) is 0 Å². The largest absolute Gasteiger partial charge is 0.337 e. The Morgan fingerprint density at radius 1 is 1.25 bits per heavy atom. The summed E-state index contributed by atoms with van der Waals surface area (Å²) in [5, 5.41) is 5.79. The minimum Gasteiger partial charge on any atom is -0.337 e. The molecule has 0 atom stereocenters. The van der Waals surface area contributed by atoms with Crippen LogP contribution in [0.4, 0.5) is 0 Å². The van der Waals surface area contributed by atoms with E-state index in [4.69, 9.17) is 0 Å². The standard InChI is InChI=1S/C18H24N4OS/c1-12-11-19-17(24-12)13-7-9-22(10-8-13)18(23)16-14-5-3-4-6-15(14)21(2)20-16/h11,13H,3-10H2,1-2H3. The molecule has 6 heteroatoms. The number of rotatable bonds is 2. The summed E-state index contributed by atoms with van der Waals surface area (Å²) in [6.45, 7) is 3.73. The van der Waals surface area contributed by atoms with Crippen molar-refractivity contribution < 1.29 is 4.79 Å². The van der Waals surface area contributed by atoms with Crippen LogP contribution < -0.4 is 0 Å². The van der Waals surface area contributed by atoms with Gasteiger partial charge in [-0.2, -0.15) is 5.10 Å². The molecule has 1 aliphatic carbocycles. The number of fused-ring (bicyclic) bond motifs is 1. The lowest BCUT2D eigenvalue weighted by Crippen LogP contribution is -2.38. The van der Waals surface area contributed by atoms with Gasteiger partial charge in [-0.1, -0.05) is 0 Å². The maximum Gasteiger partial charge on any atom is 0.274 e. The molecule has 2 aliphatic rings. The summed E-state index contributed by atoms with van der Waals surface area (Å²) in [5.41, 5.74) is 3.17. The molecule has 0 N–H and O–H groups in total. The van der Waals surface area contributed by atoms with Gasteiger partial charge in [-0.3, -0.25) is 9.48 Å². The van der Waals surface area contributed by atoms with Gasteiger partial charge in [0, 0.05) is 48.4 Å². The third-order valence-corrected chi connectivity index (χ3v) is 6.41. The fourth-order valence-corrected chi connectivity index (χ4v) is 4.93. The van der Waals surface area contributed by atoms with Crippen molar-refractivity contribution in [3.8, 4) is 0 Å². The van der Waals surface area contributed by atoms with Gasteiger partial charge >= 0.3 is 0 Å². The summed E-state index contributed by atoms with van der Waals surface area (Å²) in [7, 11) is 1.97. The van der Waals surface area contributed by atoms with Gasteiger partial charge in [0.1, 0.15) is 0 Å². The fraction of sp³-hybridized carbons (Fsp3) is 0.611. The monoisotopic (exact) mass is 344 g/mol. The lowest BCUT2D eigenvalue weighted by molar-refractivity contribution is 0.0705. The Morgan fingerprint density at radius 2 is 2.00 bits per heavy atom. The van der Waals surface area contributed by atoms with Crippen LogP contribution in [-0.4, -0.2) is 38.7 Å². The van der Waals surface area contributed by atoms with E-state index in [2.05, 4.69) is 17.0 Å². The molecule has 0 aromatic carbocycles. The number of aromatic nitrogens is 3. The van der Waals surface area contributed by atoms with Crippen molar-refractivity contribution in [2.24, 2.45) is 7.05 Å². The SMILES string of the molecule is Cc1cnc(C2CCN(C(=O)c3nn(C)c4c3CCCC4)CC2)s1. The normalized spacial score (nSPS) is 18.7. The Kier molecular flexibility index (Phi) is 4.16. The number of carbonyl (C=O) groups excluding carboxylic acids is 1. The van der Waals surface area contributed by atoms with Crippen LogP contribution in [0.15, 0.2) is 6.20 Å². The number of nitrogens with zero attached hydrogens (tertiary/aromatic N) is 4. The summed E-state index contributed by atoms with van der Waals surface area (Å²) in [6.07, 6.45) is 8.40. The molecule has 1 fully saturated rings. The molecule has 2 aromatic rings.